The summed E-state index contributed by atoms with van der Waals surface area (Å²) in [6, 6.07) is 15.4. The van der Waals surface area contributed by atoms with Crippen molar-refractivity contribution in [3.8, 4) is 17.1 Å². The standard InChI is InChI=1S/C22H25N3O3/c1-4-16-7-5-6-8-19(16)24-21(26)14-25(2)15-22-23-13-20(28-22)17-9-11-18(27-3)12-10-17/h5-13H,4,14-15H2,1-3H3,(H,24,26). The number of carbonyl (C=O) groups is 1. The number of aromatic nitrogens is 1. The van der Waals surface area contributed by atoms with Crippen LogP contribution in [0.3, 0.4) is 0 Å². The van der Waals surface area contributed by atoms with Crippen LogP contribution in [0, 0.1) is 0 Å². The van der Waals surface area contributed by atoms with Gasteiger partial charge >= 0.3 is 0 Å². The normalized spacial score (nSPS) is 10.9. The maximum atomic E-state index is 12.4. The number of anilines is 1. The zero-order valence-corrected chi connectivity index (χ0v) is 16.4. The third-order valence-electron chi connectivity index (χ3n) is 4.42. The first-order valence-electron chi connectivity index (χ1n) is 9.24. The largest absolute Gasteiger partial charge is 0.497 e. The van der Waals surface area contributed by atoms with E-state index in [1.165, 1.54) is 0 Å². The number of para-hydroxylation sites is 1. The molecule has 3 rings (SSSR count). The van der Waals surface area contributed by atoms with Gasteiger partial charge in [-0.3, -0.25) is 9.69 Å². The molecule has 0 unspecified atom stereocenters. The van der Waals surface area contributed by atoms with E-state index in [2.05, 4.69) is 17.2 Å². The molecule has 0 radical (unpaired) electrons. The zero-order chi connectivity index (χ0) is 19.9. The van der Waals surface area contributed by atoms with Crippen molar-refractivity contribution in [3.05, 3.63) is 66.2 Å². The van der Waals surface area contributed by atoms with Crippen molar-refractivity contribution in [1.82, 2.24) is 9.88 Å². The lowest BCUT2D eigenvalue weighted by Gasteiger charge is -2.15. The highest BCUT2D eigenvalue weighted by Crippen LogP contribution is 2.23. The number of ether oxygens (including phenoxy) is 1. The molecule has 3 aromatic rings. The summed E-state index contributed by atoms with van der Waals surface area (Å²) in [6.07, 6.45) is 2.57. The topological polar surface area (TPSA) is 67.6 Å². The van der Waals surface area contributed by atoms with Crippen LogP contribution in [-0.2, 0) is 17.8 Å². The average molecular weight is 379 g/mol. The Morgan fingerprint density at radius 3 is 2.64 bits per heavy atom. The fourth-order valence-corrected chi connectivity index (χ4v) is 2.94. The van der Waals surface area contributed by atoms with Crippen LogP contribution < -0.4 is 10.1 Å². The van der Waals surface area contributed by atoms with Crippen LogP contribution in [0.5, 0.6) is 5.75 Å². The van der Waals surface area contributed by atoms with Crippen LogP contribution in [0.2, 0.25) is 0 Å². The molecular weight excluding hydrogens is 354 g/mol. The molecule has 0 saturated carbocycles. The van der Waals surface area contributed by atoms with Crippen molar-refractivity contribution < 1.29 is 13.9 Å². The molecule has 0 fully saturated rings. The quantitative estimate of drug-likeness (QED) is 0.641. The van der Waals surface area contributed by atoms with Crippen LogP contribution in [0.4, 0.5) is 5.69 Å². The number of aryl methyl sites for hydroxylation is 1. The van der Waals surface area contributed by atoms with Crippen molar-refractivity contribution in [2.75, 3.05) is 26.0 Å². The van der Waals surface area contributed by atoms with E-state index in [1.807, 2.05) is 60.5 Å². The van der Waals surface area contributed by atoms with E-state index in [0.717, 1.165) is 29.0 Å². The minimum atomic E-state index is -0.0645. The van der Waals surface area contributed by atoms with Gasteiger partial charge in [0.1, 0.15) is 5.75 Å². The third-order valence-corrected chi connectivity index (χ3v) is 4.42. The Morgan fingerprint density at radius 1 is 1.18 bits per heavy atom. The first kappa shape index (κ1) is 19.6. The monoisotopic (exact) mass is 379 g/mol. The maximum absolute atomic E-state index is 12.4. The van der Waals surface area contributed by atoms with Gasteiger partial charge in [0.05, 0.1) is 26.4 Å². The van der Waals surface area contributed by atoms with Gasteiger partial charge in [-0.25, -0.2) is 4.98 Å². The Labute approximate surface area is 165 Å². The second kappa shape index (κ2) is 9.19. The van der Waals surface area contributed by atoms with Gasteiger partial charge < -0.3 is 14.5 Å². The van der Waals surface area contributed by atoms with Crippen molar-refractivity contribution in [2.45, 2.75) is 19.9 Å². The zero-order valence-electron chi connectivity index (χ0n) is 16.4. The predicted octanol–water partition coefficient (Wildman–Crippen LogP) is 3.98. The summed E-state index contributed by atoms with van der Waals surface area (Å²) in [7, 11) is 3.50. The molecule has 6 heteroatoms. The number of nitrogens with one attached hydrogen (secondary N) is 1. The van der Waals surface area contributed by atoms with Crippen molar-refractivity contribution in [3.63, 3.8) is 0 Å². The van der Waals surface area contributed by atoms with E-state index in [9.17, 15) is 4.79 Å². The minimum absolute atomic E-state index is 0.0645. The Balaban J connectivity index is 1.56. The summed E-state index contributed by atoms with van der Waals surface area (Å²) in [5.41, 5.74) is 2.91. The number of nitrogens with zero attached hydrogens (tertiary/aromatic N) is 2. The van der Waals surface area contributed by atoms with Gasteiger partial charge in [0.25, 0.3) is 0 Å². The van der Waals surface area contributed by atoms with E-state index < -0.39 is 0 Å². The molecule has 0 saturated heterocycles. The highest BCUT2D eigenvalue weighted by atomic mass is 16.5. The Kier molecular flexibility index (Phi) is 6.45. The van der Waals surface area contributed by atoms with Gasteiger partial charge in [-0.15, -0.1) is 0 Å². The summed E-state index contributed by atoms with van der Waals surface area (Å²) in [5, 5.41) is 2.98. The smallest absolute Gasteiger partial charge is 0.238 e. The van der Waals surface area contributed by atoms with Crippen molar-refractivity contribution in [1.29, 1.82) is 0 Å². The van der Waals surface area contributed by atoms with Crippen LogP contribution >= 0.6 is 0 Å². The number of hydrogen-bond acceptors (Lipinski definition) is 5. The first-order chi connectivity index (χ1) is 13.6. The van der Waals surface area contributed by atoms with Crippen LogP contribution in [-0.4, -0.2) is 36.5 Å². The Hall–Kier alpha value is -3.12. The third kappa shape index (κ3) is 4.98. The Bertz CT molecular complexity index is 919. The lowest BCUT2D eigenvalue weighted by Crippen LogP contribution is -2.30. The number of hydrogen-bond donors (Lipinski definition) is 1. The van der Waals surface area contributed by atoms with Crippen molar-refractivity contribution >= 4 is 11.6 Å². The van der Waals surface area contributed by atoms with Gasteiger partial charge in [0.2, 0.25) is 11.8 Å². The lowest BCUT2D eigenvalue weighted by atomic mass is 10.1. The summed E-state index contributed by atoms with van der Waals surface area (Å²) in [5.74, 6) is 1.98. The van der Waals surface area contributed by atoms with Gasteiger partial charge in [-0.05, 0) is 49.4 Å². The van der Waals surface area contributed by atoms with E-state index in [1.54, 1.807) is 13.3 Å². The van der Waals surface area contributed by atoms with Gasteiger partial charge in [0, 0.05) is 11.3 Å². The molecule has 0 aliphatic carbocycles. The Morgan fingerprint density at radius 2 is 1.93 bits per heavy atom. The second-order valence-electron chi connectivity index (χ2n) is 6.58. The fourth-order valence-electron chi connectivity index (χ4n) is 2.94. The second-order valence-corrected chi connectivity index (χ2v) is 6.58. The van der Waals surface area contributed by atoms with Gasteiger partial charge in [-0.2, -0.15) is 0 Å². The number of benzene rings is 2. The molecule has 1 N–H and O–H groups in total. The van der Waals surface area contributed by atoms with E-state index in [0.29, 0.717) is 18.2 Å². The molecular formula is C22H25N3O3. The molecule has 1 amide bonds. The van der Waals surface area contributed by atoms with E-state index in [4.69, 9.17) is 9.15 Å². The summed E-state index contributed by atoms with van der Waals surface area (Å²) < 4.78 is 11.0. The van der Waals surface area contributed by atoms with Crippen LogP contribution in [0.15, 0.2) is 59.1 Å². The molecule has 0 bridgehead atoms. The first-order valence-corrected chi connectivity index (χ1v) is 9.24. The summed E-state index contributed by atoms with van der Waals surface area (Å²) in [4.78, 5) is 18.5. The molecule has 0 spiro atoms. The number of carbonyl (C=O) groups excluding carboxylic acids is 1. The highest BCUT2D eigenvalue weighted by Gasteiger charge is 2.13. The van der Waals surface area contributed by atoms with Crippen LogP contribution in [0.1, 0.15) is 18.4 Å². The molecule has 1 aromatic heterocycles. The molecule has 0 aliphatic heterocycles. The van der Waals surface area contributed by atoms with E-state index in [-0.39, 0.29) is 12.5 Å². The highest BCUT2D eigenvalue weighted by molar-refractivity contribution is 5.92. The lowest BCUT2D eigenvalue weighted by molar-refractivity contribution is -0.117. The molecule has 1 heterocycles. The average Bonchev–Trinajstić information content (AvgIpc) is 3.16. The maximum Gasteiger partial charge on any atom is 0.238 e. The predicted molar refractivity (Wildman–Crippen MR) is 109 cm³/mol. The molecule has 146 valence electrons. The van der Waals surface area contributed by atoms with Crippen LogP contribution in [0.25, 0.3) is 11.3 Å². The van der Waals surface area contributed by atoms with Gasteiger partial charge in [-0.1, -0.05) is 25.1 Å². The number of amides is 1. The number of likely N-dealkylation sites (N-methyl/N-ethyl adjacent to an activating group) is 1. The summed E-state index contributed by atoms with van der Waals surface area (Å²) in [6.45, 7) is 2.76. The SMILES string of the molecule is CCc1ccccc1NC(=O)CN(C)Cc1ncc(-c2ccc(OC)cc2)o1. The number of methoxy groups -OCH3 is 1. The molecule has 6 nitrogen and oxygen atoms in total. The van der Waals surface area contributed by atoms with Crippen molar-refractivity contribution in [2.24, 2.45) is 0 Å². The number of oxazole rings is 1. The molecule has 0 atom stereocenters. The molecule has 2 aromatic carbocycles. The van der Waals surface area contributed by atoms with Gasteiger partial charge in [0.15, 0.2) is 5.76 Å². The minimum Gasteiger partial charge on any atom is -0.497 e. The van der Waals surface area contributed by atoms with E-state index >= 15 is 0 Å². The fraction of sp³-hybridized carbons (Fsp3) is 0.273. The molecule has 28 heavy (non-hydrogen) atoms. The molecule has 0 aliphatic rings. The summed E-state index contributed by atoms with van der Waals surface area (Å²) >= 11 is 0. The number of rotatable bonds is 8.